The number of rotatable bonds is 9. The number of non-ortho nitro benzene ring substituents is 1. The number of esters is 1. The number of sulfonamides is 1. The van der Waals surface area contributed by atoms with Crippen molar-refractivity contribution in [1.29, 1.82) is 0 Å². The second-order valence-electron chi connectivity index (χ2n) is 7.99. The van der Waals surface area contributed by atoms with Crippen molar-refractivity contribution in [1.82, 2.24) is 4.31 Å². The molecule has 34 heavy (non-hydrogen) atoms. The van der Waals surface area contributed by atoms with Gasteiger partial charge in [0.25, 0.3) is 5.69 Å². The maximum absolute atomic E-state index is 13.1. The number of hydrogen-bond donors (Lipinski definition) is 1. The quantitative estimate of drug-likeness (QED) is 0.246. The van der Waals surface area contributed by atoms with Crippen molar-refractivity contribution in [2.75, 3.05) is 31.6 Å². The van der Waals surface area contributed by atoms with Gasteiger partial charge >= 0.3 is 5.97 Å². The lowest BCUT2D eigenvalue weighted by Crippen LogP contribution is -2.40. The van der Waals surface area contributed by atoms with Gasteiger partial charge in [-0.3, -0.25) is 19.7 Å². The molecule has 182 valence electrons. The van der Waals surface area contributed by atoms with Crippen LogP contribution in [0.5, 0.6) is 0 Å². The summed E-state index contributed by atoms with van der Waals surface area (Å²) in [5.41, 5.74) is 1.38. The van der Waals surface area contributed by atoms with Gasteiger partial charge < -0.3 is 10.1 Å². The fraction of sp³-hybridized carbons (Fsp3) is 0.391. The third-order valence-electron chi connectivity index (χ3n) is 5.73. The van der Waals surface area contributed by atoms with Gasteiger partial charge in [-0.2, -0.15) is 4.31 Å². The molecule has 0 aliphatic carbocycles. The van der Waals surface area contributed by atoms with Gasteiger partial charge in [-0.15, -0.1) is 0 Å². The van der Waals surface area contributed by atoms with Crippen molar-refractivity contribution in [3.8, 4) is 0 Å². The molecule has 1 N–H and O–H groups in total. The number of benzene rings is 2. The van der Waals surface area contributed by atoms with Gasteiger partial charge in [0.1, 0.15) is 0 Å². The molecule has 0 atom stereocenters. The first kappa shape index (κ1) is 25.3. The fourth-order valence-electron chi connectivity index (χ4n) is 3.81. The summed E-state index contributed by atoms with van der Waals surface area (Å²) >= 11 is 0. The number of nitrogens with zero attached hydrogens (tertiary/aromatic N) is 2. The smallest absolute Gasteiger partial charge is 0.309 e. The number of carbonyl (C=O) groups is 2. The first-order valence-electron chi connectivity index (χ1n) is 10.9. The summed E-state index contributed by atoms with van der Waals surface area (Å²) in [7, 11) is -3.82. The average Bonchev–Trinajstić information content (AvgIpc) is 2.83. The molecule has 0 radical (unpaired) electrons. The Kier molecular flexibility index (Phi) is 8.00. The number of anilines is 1. The van der Waals surface area contributed by atoms with Crippen LogP contribution < -0.4 is 5.32 Å². The minimum absolute atomic E-state index is 0.0134. The maximum atomic E-state index is 13.1. The van der Waals surface area contributed by atoms with Crippen molar-refractivity contribution in [3.63, 3.8) is 0 Å². The topological polar surface area (TPSA) is 136 Å². The highest BCUT2D eigenvalue weighted by molar-refractivity contribution is 7.89. The van der Waals surface area contributed by atoms with E-state index in [0.29, 0.717) is 24.1 Å². The molecule has 0 saturated carbocycles. The molecule has 2 aromatic carbocycles. The molecule has 2 aromatic rings. The molecule has 0 aromatic heterocycles. The minimum atomic E-state index is -3.82. The first-order chi connectivity index (χ1) is 16.1. The van der Waals surface area contributed by atoms with Crippen LogP contribution in [0.3, 0.4) is 0 Å². The molecule has 1 saturated heterocycles. The van der Waals surface area contributed by atoms with Crippen LogP contribution in [0.4, 0.5) is 11.4 Å². The maximum Gasteiger partial charge on any atom is 0.309 e. The number of piperidine rings is 1. The van der Waals surface area contributed by atoms with Gasteiger partial charge in [-0.1, -0.05) is 12.1 Å². The van der Waals surface area contributed by atoms with E-state index in [1.165, 1.54) is 40.7 Å². The normalized spacial score (nSPS) is 15.0. The predicted molar refractivity (Wildman–Crippen MR) is 125 cm³/mol. The fourth-order valence-corrected chi connectivity index (χ4v) is 5.32. The molecule has 3 rings (SSSR count). The summed E-state index contributed by atoms with van der Waals surface area (Å²) in [5.74, 6) is -0.938. The van der Waals surface area contributed by atoms with Gasteiger partial charge in [0.15, 0.2) is 5.78 Å². The van der Waals surface area contributed by atoms with E-state index in [4.69, 9.17) is 4.74 Å². The Balaban J connectivity index is 1.66. The zero-order valence-electron chi connectivity index (χ0n) is 19.0. The Hall–Kier alpha value is -3.31. The van der Waals surface area contributed by atoms with Gasteiger partial charge in [-0.25, -0.2) is 8.42 Å². The number of aryl methyl sites for hydroxylation is 1. The largest absolute Gasteiger partial charge is 0.466 e. The van der Waals surface area contributed by atoms with Crippen LogP contribution in [0.25, 0.3) is 0 Å². The number of ether oxygens (including phenoxy) is 1. The van der Waals surface area contributed by atoms with Crippen molar-refractivity contribution in [2.24, 2.45) is 5.92 Å². The monoisotopic (exact) mass is 489 g/mol. The third-order valence-corrected chi connectivity index (χ3v) is 7.62. The highest BCUT2D eigenvalue weighted by Crippen LogP contribution is 2.26. The van der Waals surface area contributed by atoms with Gasteiger partial charge in [0.2, 0.25) is 10.0 Å². The third kappa shape index (κ3) is 5.78. The molecule has 10 nitrogen and oxygen atoms in total. The second-order valence-corrected chi connectivity index (χ2v) is 9.93. The predicted octanol–water partition coefficient (Wildman–Crippen LogP) is 3.16. The molecule has 1 heterocycles. The van der Waals surface area contributed by atoms with Crippen LogP contribution in [0, 0.1) is 23.0 Å². The molecular formula is C23H27N3O7S. The number of nitro benzene ring substituents is 1. The lowest BCUT2D eigenvalue weighted by molar-refractivity contribution is -0.384. The summed E-state index contributed by atoms with van der Waals surface area (Å²) in [6.07, 6.45) is 0.768. The lowest BCUT2D eigenvalue weighted by atomic mass is 9.98. The van der Waals surface area contributed by atoms with Crippen LogP contribution >= 0.6 is 0 Å². The second kappa shape index (κ2) is 10.7. The summed E-state index contributed by atoms with van der Waals surface area (Å²) < 4.78 is 32.6. The van der Waals surface area contributed by atoms with E-state index in [0.717, 1.165) is 0 Å². The number of Topliss-reactive ketones (excluding diaryl/α,β-unsaturated/α-hetero) is 1. The number of nitrogens with one attached hydrogen (secondary N) is 1. The molecule has 0 bridgehead atoms. The van der Waals surface area contributed by atoms with E-state index in [2.05, 4.69) is 5.32 Å². The zero-order chi connectivity index (χ0) is 24.9. The van der Waals surface area contributed by atoms with E-state index in [-0.39, 0.29) is 60.1 Å². The molecule has 0 unspecified atom stereocenters. The zero-order valence-corrected chi connectivity index (χ0v) is 19.8. The van der Waals surface area contributed by atoms with E-state index in [9.17, 15) is 28.1 Å². The van der Waals surface area contributed by atoms with Crippen molar-refractivity contribution in [3.05, 3.63) is 63.7 Å². The highest BCUT2D eigenvalue weighted by Gasteiger charge is 2.33. The summed E-state index contributed by atoms with van der Waals surface area (Å²) in [6, 6.07) is 10.1. The SMILES string of the molecule is CCOC(=O)C1CCN(S(=O)(=O)c2cccc(C(=O)CNc3ccc([N+](=O)[O-])cc3C)c2)CC1. The van der Waals surface area contributed by atoms with Crippen LogP contribution in [-0.2, 0) is 19.6 Å². The Morgan fingerprint density at radius 1 is 1.18 bits per heavy atom. The molecule has 1 aliphatic heterocycles. The van der Waals surface area contributed by atoms with Crippen molar-refractivity contribution < 1.29 is 27.7 Å². The first-order valence-corrected chi connectivity index (χ1v) is 12.4. The summed E-state index contributed by atoms with van der Waals surface area (Å²) in [5, 5.41) is 13.8. The van der Waals surface area contributed by atoms with E-state index in [1.807, 2.05) is 0 Å². The molecule has 0 amide bonds. The van der Waals surface area contributed by atoms with Gasteiger partial charge in [0.05, 0.1) is 28.9 Å². The van der Waals surface area contributed by atoms with Crippen LogP contribution in [0.1, 0.15) is 35.7 Å². The van der Waals surface area contributed by atoms with Crippen LogP contribution in [0.15, 0.2) is 47.4 Å². The van der Waals surface area contributed by atoms with Gasteiger partial charge in [0, 0.05) is 36.5 Å². The number of hydrogen-bond acceptors (Lipinski definition) is 8. The lowest BCUT2D eigenvalue weighted by Gasteiger charge is -2.30. The van der Waals surface area contributed by atoms with Crippen LogP contribution in [-0.4, -0.2) is 55.6 Å². The van der Waals surface area contributed by atoms with Crippen LogP contribution in [0.2, 0.25) is 0 Å². The highest BCUT2D eigenvalue weighted by atomic mass is 32.2. The molecule has 0 spiro atoms. The van der Waals surface area contributed by atoms with E-state index >= 15 is 0 Å². The summed E-state index contributed by atoms with van der Waals surface area (Å²) in [4.78, 5) is 35.0. The number of carbonyl (C=O) groups excluding carboxylic acids is 2. The Morgan fingerprint density at radius 2 is 1.88 bits per heavy atom. The van der Waals surface area contributed by atoms with E-state index < -0.39 is 14.9 Å². The number of ketones is 1. The van der Waals surface area contributed by atoms with E-state index in [1.54, 1.807) is 19.9 Å². The number of nitro groups is 1. The van der Waals surface area contributed by atoms with Crippen molar-refractivity contribution >= 4 is 33.2 Å². The average molecular weight is 490 g/mol. The Morgan fingerprint density at radius 3 is 2.50 bits per heavy atom. The summed E-state index contributed by atoms with van der Waals surface area (Å²) in [6.45, 7) is 4.01. The Bertz CT molecular complexity index is 1190. The minimum Gasteiger partial charge on any atom is -0.466 e. The molecule has 1 fully saturated rings. The van der Waals surface area contributed by atoms with Crippen molar-refractivity contribution in [2.45, 2.75) is 31.6 Å². The Labute approximate surface area is 198 Å². The molecule has 1 aliphatic rings. The standard InChI is InChI=1S/C23H27N3O7S/c1-3-33-23(28)17-9-11-25(12-10-17)34(31,32)20-6-4-5-18(14-20)22(27)15-24-21-8-7-19(26(29)30)13-16(21)2/h4-8,13-14,17,24H,3,9-12,15H2,1-2H3. The molecule has 11 heteroatoms. The van der Waals surface area contributed by atoms with Gasteiger partial charge in [-0.05, 0) is 50.5 Å². The molecular weight excluding hydrogens is 462 g/mol.